The van der Waals surface area contributed by atoms with Crippen molar-refractivity contribution in [3.8, 4) is 0 Å². The van der Waals surface area contributed by atoms with E-state index in [0.717, 1.165) is 19.5 Å². The van der Waals surface area contributed by atoms with E-state index in [0.29, 0.717) is 11.9 Å². The molecule has 1 saturated heterocycles. The van der Waals surface area contributed by atoms with Gasteiger partial charge in [-0.3, -0.25) is 9.69 Å². The van der Waals surface area contributed by atoms with E-state index < -0.39 is 0 Å². The van der Waals surface area contributed by atoms with Crippen molar-refractivity contribution in [3.63, 3.8) is 0 Å². The summed E-state index contributed by atoms with van der Waals surface area (Å²) >= 11 is 0. The summed E-state index contributed by atoms with van der Waals surface area (Å²) in [6, 6.07) is 10.9. The first-order valence-corrected chi connectivity index (χ1v) is 8.48. The summed E-state index contributed by atoms with van der Waals surface area (Å²) in [6.07, 6.45) is 10.0. The SMILES string of the molecule is CN1CCCC[C@@H]1C(=O)N(C/C=C/c1ccccc1)C1CC1. The first-order valence-electron chi connectivity index (χ1n) is 8.48. The molecule has 1 aromatic rings. The fraction of sp³-hybridized carbons (Fsp3) is 0.526. The van der Waals surface area contributed by atoms with Crippen molar-refractivity contribution in [1.29, 1.82) is 0 Å². The van der Waals surface area contributed by atoms with Crippen LogP contribution in [0.25, 0.3) is 6.08 Å². The van der Waals surface area contributed by atoms with E-state index in [1.165, 1.54) is 31.2 Å². The van der Waals surface area contributed by atoms with Crippen LogP contribution in [0.2, 0.25) is 0 Å². The number of amides is 1. The van der Waals surface area contributed by atoms with Gasteiger partial charge in [0.05, 0.1) is 6.04 Å². The average Bonchev–Trinajstić information content (AvgIpc) is 3.37. The third-order valence-electron chi connectivity index (χ3n) is 4.74. The van der Waals surface area contributed by atoms with Crippen LogP contribution >= 0.6 is 0 Å². The lowest BCUT2D eigenvalue weighted by atomic mass is 10.0. The maximum absolute atomic E-state index is 12.9. The van der Waals surface area contributed by atoms with Crippen molar-refractivity contribution >= 4 is 12.0 Å². The minimum absolute atomic E-state index is 0.0967. The van der Waals surface area contributed by atoms with Crippen molar-refractivity contribution < 1.29 is 4.79 Å². The van der Waals surface area contributed by atoms with Crippen LogP contribution < -0.4 is 0 Å². The summed E-state index contributed by atoms with van der Waals surface area (Å²) < 4.78 is 0. The molecule has 3 nitrogen and oxygen atoms in total. The first-order chi connectivity index (χ1) is 10.8. The molecular weight excluding hydrogens is 272 g/mol. The molecular formula is C19H26N2O. The van der Waals surface area contributed by atoms with Crippen LogP contribution in [0.1, 0.15) is 37.7 Å². The predicted molar refractivity (Wildman–Crippen MR) is 90.5 cm³/mol. The van der Waals surface area contributed by atoms with Gasteiger partial charge >= 0.3 is 0 Å². The van der Waals surface area contributed by atoms with Crippen molar-refractivity contribution in [1.82, 2.24) is 9.80 Å². The minimum Gasteiger partial charge on any atom is -0.335 e. The highest BCUT2D eigenvalue weighted by Gasteiger charge is 2.37. The van der Waals surface area contributed by atoms with Gasteiger partial charge < -0.3 is 4.90 Å². The van der Waals surface area contributed by atoms with Crippen molar-refractivity contribution in [2.45, 2.75) is 44.2 Å². The zero-order chi connectivity index (χ0) is 15.4. The Morgan fingerprint density at radius 3 is 2.68 bits per heavy atom. The van der Waals surface area contributed by atoms with Crippen molar-refractivity contribution in [2.75, 3.05) is 20.1 Å². The minimum atomic E-state index is 0.0967. The second kappa shape index (κ2) is 7.10. The Kier molecular flexibility index (Phi) is 4.94. The molecule has 1 atom stereocenters. The summed E-state index contributed by atoms with van der Waals surface area (Å²) in [7, 11) is 2.09. The largest absolute Gasteiger partial charge is 0.335 e. The van der Waals surface area contributed by atoms with Gasteiger partial charge in [-0.15, -0.1) is 0 Å². The van der Waals surface area contributed by atoms with Crippen molar-refractivity contribution in [2.24, 2.45) is 0 Å². The average molecular weight is 298 g/mol. The van der Waals surface area contributed by atoms with Crippen LogP contribution in [0.5, 0.6) is 0 Å². The smallest absolute Gasteiger partial charge is 0.240 e. The van der Waals surface area contributed by atoms with Gasteiger partial charge in [0.25, 0.3) is 0 Å². The molecule has 118 valence electrons. The summed E-state index contributed by atoms with van der Waals surface area (Å²) in [4.78, 5) is 17.2. The van der Waals surface area contributed by atoms with E-state index in [2.05, 4.69) is 41.1 Å². The standard InChI is InChI=1S/C19H26N2O/c1-20-14-6-5-11-18(20)19(22)21(17-12-13-17)15-7-10-16-8-3-2-4-9-16/h2-4,7-10,17-18H,5-6,11-15H2,1H3/b10-7+/t18-/m1/s1. The highest BCUT2D eigenvalue weighted by atomic mass is 16.2. The number of hydrogen-bond donors (Lipinski definition) is 0. The Balaban J connectivity index is 1.62. The zero-order valence-corrected chi connectivity index (χ0v) is 13.4. The third-order valence-corrected chi connectivity index (χ3v) is 4.74. The lowest BCUT2D eigenvalue weighted by Crippen LogP contribution is -2.50. The number of likely N-dealkylation sites (N-methyl/N-ethyl adjacent to an activating group) is 1. The Morgan fingerprint density at radius 1 is 1.23 bits per heavy atom. The lowest BCUT2D eigenvalue weighted by molar-refractivity contribution is -0.137. The highest BCUT2D eigenvalue weighted by molar-refractivity contribution is 5.82. The van der Waals surface area contributed by atoms with Gasteiger partial charge in [-0.05, 0) is 44.8 Å². The molecule has 1 saturated carbocycles. The normalized spacial score (nSPS) is 22.9. The van der Waals surface area contributed by atoms with Crippen LogP contribution in [0.4, 0.5) is 0 Å². The Labute approximate surface area is 133 Å². The van der Waals surface area contributed by atoms with E-state index in [9.17, 15) is 4.79 Å². The number of benzene rings is 1. The molecule has 0 radical (unpaired) electrons. The number of rotatable bonds is 5. The molecule has 3 rings (SSSR count). The number of piperidine rings is 1. The Morgan fingerprint density at radius 2 is 2.00 bits per heavy atom. The molecule has 0 spiro atoms. The van der Waals surface area contributed by atoms with Gasteiger partial charge in [0.15, 0.2) is 0 Å². The predicted octanol–water partition coefficient (Wildman–Crippen LogP) is 3.18. The van der Waals surface area contributed by atoms with Gasteiger partial charge in [-0.1, -0.05) is 48.9 Å². The maximum Gasteiger partial charge on any atom is 0.240 e. The molecule has 1 heterocycles. The molecule has 2 fully saturated rings. The van der Waals surface area contributed by atoms with Crippen LogP contribution in [0.15, 0.2) is 36.4 Å². The van der Waals surface area contributed by atoms with E-state index >= 15 is 0 Å². The lowest BCUT2D eigenvalue weighted by Gasteiger charge is -2.35. The zero-order valence-electron chi connectivity index (χ0n) is 13.4. The van der Waals surface area contributed by atoms with Crippen LogP contribution in [0.3, 0.4) is 0 Å². The molecule has 1 aromatic carbocycles. The molecule has 2 aliphatic rings. The van der Waals surface area contributed by atoms with Crippen LogP contribution in [-0.2, 0) is 4.79 Å². The molecule has 0 bridgehead atoms. The van der Waals surface area contributed by atoms with Gasteiger partial charge in [-0.25, -0.2) is 0 Å². The van der Waals surface area contributed by atoms with Gasteiger partial charge in [0.1, 0.15) is 0 Å². The molecule has 1 aliphatic carbocycles. The van der Waals surface area contributed by atoms with E-state index in [-0.39, 0.29) is 6.04 Å². The topological polar surface area (TPSA) is 23.6 Å². The van der Waals surface area contributed by atoms with Gasteiger partial charge in [0.2, 0.25) is 5.91 Å². The molecule has 0 aromatic heterocycles. The monoisotopic (exact) mass is 298 g/mol. The summed E-state index contributed by atoms with van der Waals surface area (Å²) in [6.45, 7) is 1.79. The molecule has 22 heavy (non-hydrogen) atoms. The number of carbonyl (C=O) groups is 1. The number of nitrogens with zero attached hydrogens (tertiary/aromatic N) is 2. The third kappa shape index (κ3) is 3.77. The van der Waals surface area contributed by atoms with Gasteiger partial charge in [-0.2, -0.15) is 0 Å². The second-order valence-corrected chi connectivity index (χ2v) is 6.53. The first kappa shape index (κ1) is 15.3. The van der Waals surface area contributed by atoms with Gasteiger partial charge in [0, 0.05) is 12.6 Å². The molecule has 1 aliphatic heterocycles. The Bertz CT molecular complexity index is 521. The molecule has 0 unspecified atom stereocenters. The molecule has 1 amide bonds. The number of likely N-dealkylation sites (tertiary alicyclic amines) is 1. The summed E-state index contributed by atoms with van der Waals surface area (Å²) in [5.74, 6) is 0.336. The van der Waals surface area contributed by atoms with Crippen LogP contribution in [-0.4, -0.2) is 47.9 Å². The highest BCUT2D eigenvalue weighted by Crippen LogP contribution is 2.29. The maximum atomic E-state index is 12.9. The van der Waals surface area contributed by atoms with Crippen LogP contribution in [0, 0.1) is 0 Å². The van der Waals surface area contributed by atoms with E-state index in [4.69, 9.17) is 0 Å². The fourth-order valence-electron chi connectivity index (χ4n) is 3.25. The Hall–Kier alpha value is -1.61. The molecule has 0 N–H and O–H groups in total. The molecule has 3 heteroatoms. The van der Waals surface area contributed by atoms with E-state index in [1.54, 1.807) is 0 Å². The number of hydrogen-bond acceptors (Lipinski definition) is 2. The number of carbonyl (C=O) groups excluding carboxylic acids is 1. The summed E-state index contributed by atoms with van der Waals surface area (Å²) in [5, 5.41) is 0. The van der Waals surface area contributed by atoms with Crippen molar-refractivity contribution in [3.05, 3.63) is 42.0 Å². The second-order valence-electron chi connectivity index (χ2n) is 6.53. The fourth-order valence-corrected chi connectivity index (χ4v) is 3.25. The van der Waals surface area contributed by atoms with E-state index in [1.807, 2.05) is 18.2 Å². The summed E-state index contributed by atoms with van der Waals surface area (Å²) in [5.41, 5.74) is 1.19. The quantitative estimate of drug-likeness (QED) is 0.833.